The van der Waals surface area contributed by atoms with Crippen molar-refractivity contribution in [3.05, 3.63) is 70.5 Å². The molecule has 0 radical (unpaired) electrons. The quantitative estimate of drug-likeness (QED) is 0.762. The van der Waals surface area contributed by atoms with Gasteiger partial charge < -0.3 is 15.7 Å². The van der Waals surface area contributed by atoms with E-state index in [1.165, 1.54) is 12.1 Å². The van der Waals surface area contributed by atoms with Gasteiger partial charge in [-0.15, -0.1) is 12.4 Å². The van der Waals surface area contributed by atoms with Crippen LogP contribution in [0.15, 0.2) is 48.5 Å². The Morgan fingerprint density at radius 2 is 2.00 bits per heavy atom. The molecule has 2 atom stereocenters. The van der Waals surface area contributed by atoms with Crippen molar-refractivity contribution < 1.29 is 14.3 Å². The lowest BCUT2D eigenvalue weighted by molar-refractivity contribution is 0.0290. The van der Waals surface area contributed by atoms with Gasteiger partial charge in [0, 0.05) is 6.54 Å². The van der Waals surface area contributed by atoms with E-state index in [0.717, 1.165) is 11.6 Å². The van der Waals surface area contributed by atoms with E-state index >= 15 is 0 Å². The van der Waals surface area contributed by atoms with Gasteiger partial charge in [0.1, 0.15) is 5.82 Å². The van der Waals surface area contributed by atoms with Gasteiger partial charge in [-0.3, -0.25) is 4.79 Å². The van der Waals surface area contributed by atoms with Crippen molar-refractivity contribution in [1.82, 2.24) is 10.6 Å². The van der Waals surface area contributed by atoms with Crippen molar-refractivity contribution in [2.24, 2.45) is 0 Å². The number of carbonyl (C=O) groups excluding carboxylic acids is 1. The molecule has 0 unspecified atom stereocenters. The van der Waals surface area contributed by atoms with E-state index in [2.05, 4.69) is 10.6 Å². The molecule has 25 heavy (non-hydrogen) atoms. The topological polar surface area (TPSA) is 61.4 Å². The fourth-order valence-corrected chi connectivity index (χ4v) is 3.35. The molecule has 0 spiro atoms. The Hall–Kier alpha value is -1.66. The minimum Gasteiger partial charge on any atom is -0.389 e. The summed E-state index contributed by atoms with van der Waals surface area (Å²) < 4.78 is 13.2. The zero-order valence-electron chi connectivity index (χ0n) is 13.3. The summed E-state index contributed by atoms with van der Waals surface area (Å²) in [6, 6.07) is 13.0. The van der Waals surface area contributed by atoms with Crippen molar-refractivity contribution in [3.8, 4) is 0 Å². The highest BCUT2D eigenvalue weighted by atomic mass is 35.5. The number of β-amino-alcohol motifs (C(OH)–C–C–N with tert-alkyl or cyclic N) is 1. The average Bonchev–Trinajstić information content (AvgIpc) is 2.57. The fourth-order valence-electron chi connectivity index (χ4n) is 3.10. The van der Waals surface area contributed by atoms with Crippen molar-refractivity contribution >= 4 is 29.9 Å². The van der Waals surface area contributed by atoms with Gasteiger partial charge in [-0.05, 0) is 36.7 Å². The number of halogens is 3. The minimum atomic E-state index is -0.915. The molecule has 0 aliphatic carbocycles. The van der Waals surface area contributed by atoms with Crippen LogP contribution in [0, 0.1) is 5.82 Å². The molecule has 0 aromatic heterocycles. The SMILES string of the molecule is Cl.O=C(N[C@]1(c2ccccc2)CCNC[C@H]1O)c1ccc(F)cc1Cl. The first-order valence-corrected chi connectivity index (χ1v) is 8.12. The van der Waals surface area contributed by atoms with Gasteiger partial charge in [-0.2, -0.15) is 0 Å². The maximum Gasteiger partial charge on any atom is 0.253 e. The number of nitrogens with one attached hydrogen (secondary N) is 2. The molecule has 3 N–H and O–H groups in total. The number of hydrogen-bond donors (Lipinski definition) is 3. The average molecular weight is 385 g/mol. The molecule has 7 heteroatoms. The predicted octanol–water partition coefficient (Wildman–Crippen LogP) is 2.88. The Labute approximate surface area is 156 Å². The van der Waals surface area contributed by atoms with E-state index in [9.17, 15) is 14.3 Å². The van der Waals surface area contributed by atoms with Gasteiger partial charge in [-0.25, -0.2) is 4.39 Å². The van der Waals surface area contributed by atoms with Crippen LogP contribution >= 0.6 is 24.0 Å². The molecule has 0 bridgehead atoms. The third-order valence-corrected chi connectivity index (χ3v) is 4.72. The van der Waals surface area contributed by atoms with Gasteiger partial charge >= 0.3 is 0 Å². The molecule has 4 nitrogen and oxygen atoms in total. The van der Waals surface area contributed by atoms with Gasteiger partial charge in [0.2, 0.25) is 0 Å². The van der Waals surface area contributed by atoms with Crippen LogP contribution in [0.1, 0.15) is 22.3 Å². The first-order valence-electron chi connectivity index (χ1n) is 7.75. The molecule has 1 aliphatic rings. The summed E-state index contributed by atoms with van der Waals surface area (Å²) in [6.07, 6.45) is -0.264. The standard InChI is InChI=1S/C18H18ClFN2O2.ClH/c19-15-10-13(20)6-7-14(15)17(24)22-18(8-9-21-11-16(18)23)12-4-2-1-3-5-12;/h1-7,10,16,21,23H,8-9,11H2,(H,22,24);1H/t16-,18+;/m1./s1. The first-order chi connectivity index (χ1) is 11.5. The maximum absolute atomic E-state index is 13.2. The molecule has 2 aromatic rings. The molecule has 1 fully saturated rings. The lowest BCUT2D eigenvalue weighted by atomic mass is 9.79. The molecule has 1 saturated heterocycles. The van der Waals surface area contributed by atoms with Gasteiger partial charge in [-0.1, -0.05) is 41.9 Å². The second kappa shape index (κ2) is 8.15. The van der Waals surface area contributed by atoms with Crippen molar-refractivity contribution in [3.63, 3.8) is 0 Å². The van der Waals surface area contributed by atoms with Crippen LogP contribution in [0.25, 0.3) is 0 Å². The lowest BCUT2D eigenvalue weighted by Gasteiger charge is -2.43. The van der Waals surface area contributed by atoms with Crippen LogP contribution in [-0.4, -0.2) is 30.2 Å². The number of carbonyl (C=O) groups is 1. The third-order valence-electron chi connectivity index (χ3n) is 4.40. The van der Waals surface area contributed by atoms with E-state index in [0.29, 0.717) is 19.5 Å². The molecule has 0 saturated carbocycles. The molecular formula is C18H19Cl2FN2O2. The summed E-state index contributed by atoms with van der Waals surface area (Å²) >= 11 is 5.99. The Bertz CT molecular complexity index is 745. The summed E-state index contributed by atoms with van der Waals surface area (Å²) in [5, 5.41) is 16.7. The van der Waals surface area contributed by atoms with E-state index in [1.807, 2.05) is 30.3 Å². The number of rotatable bonds is 3. The highest BCUT2D eigenvalue weighted by Crippen LogP contribution is 2.32. The van der Waals surface area contributed by atoms with E-state index in [-0.39, 0.29) is 23.0 Å². The minimum absolute atomic E-state index is 0. The fraction of sp³-hybridized carbons (Fsp3) is 0.278. The summed E-state index contributed by atoms with van der Waals surface area (Å²) in [4.78, 5) is 12.7. The van der Waals surface area contributed by atoms with Gasteiger partial charge in [0.05, 0.1) is 22.2 Å². The highest BCUT2D eigenvalue weighted by molar-refractivity contribution is 6.33. The Balaban J connectivity index is 0.00000225. The summed E-state index contributed by atoms with van der Waals surface area (Å²) in [6.45, 7) is 1.02. The normalized spacial score (nSPS) is 22.8. The first kappa shape index (κ1) is 19.7. The predicted molar refractivity (Wildman–Crippen MR) is 97.7 cm³/mol. The number of piperidine rings is 1. The van der Waals surface area contributed by atoms with Crippen LogP contribution in [0.5, 0.6) is 0 Å². The summed E-state index contributed by atoms with van der Waals surface area (Å²) in [5.74, 6) is -0.943. The van der Waals surface area contributed by atoms with Crippen LogP contribution in [0.2, 0.25) is 5.02 Å². The monoisotopic (exact) mass is 384 g/mol. The van der Waals surface area contributed by atoms with Crippen LogP contribution in [0.3, 0.4) is 0 Å². The number of benzene rings is 2. The molecular weight excluding hydrogens is 366 g/mol. The largest absolute Gasteiger partial charge is 0.389 e. The van der Waals surface area contributed by atoms with Crippen molar-refractivity contribution in [2.75, 3.05) is 13.1 Å². The molecule has 1 amide bonds. The van der Waals surface area contributed by atoms with Crippen molar-refractivity contribution in [2.45, 2.75) is 18.1 Å². The van der Waals surface area contributed by atoms with Gasteiger partial charge in [0.25, 0.3) is 5.91 Å². The van der Waals surface area contributed by atoms with Crippen LogP contribution in [-0.2, 0) is 5.54 Å². The lowest BCUT2D eigenvalue weighted by Crippen LogP contribution is -2.61. The number of hydrogen-bond acceptors (Lipinski definition) is 3. The van der Waals surface area contributed by atoms with Crippen LogP contribution < -0.4 is 10.6 Å². The Morgan fingerprint density at radius 3 is 2.64 bits per heavy atom. The molecule has 1 heterocycles. The van der Waals surface area contributed by atoms with Gasteiger partial charge in [0.15, 0.2) is 0 Å². The number of aliphatic hydroxyl groups is 1. The molecule has 1 aliphatic heterocycles. The zero-order valence-corrected chi connectivity index (χ0v) is 14.9. The van der Waals surface area contributed by atoms with Crippen molar-refractivity contribution in [1.29, 1.82) is 0 Å². The smallest absolute Gasteiger partial charge is 0.253 e. The van der Waals surface area contributed by atoms with E-state index < -0.39 is 23.4 Å². The second-order valence-corrected chi connectivity index (χ2v) is 6.29. The van der Waals surface area contributed by atoms with Crippen LogP contribution in [0.4, 0.5) is 4.39 Å². The molecule has 2 aromatic carbocycles. The maximum atomic E-state index is 13.2. The molecule has 134 valence electrons. The second-order valence-electron chi connectivity index (χ2n) is 5.89. The zero-order chi connectivity index (χ0) is 17.2. The molecule has 3 rings (SSSR count). The third kappa shape index (κ3) is 3.96. The Morgan fingerprint density at radius 1 is 1.28 bits per heavy atom. The number of aliphatic hydroxyl groups excluding tert-OH is 1. The number of amides is 1. The summed E-state index contributed by atoms with van der Waals surface area (Å²) in [5.41, 5.74) is 0.0890. The van der Waals surface area contributed by atoms with E-state index in [1.54, 1.807) is 0 Å². The Kier molecular flexibility index (Phi) is 6.41. The highest BCUT2D eigenvalue weighted by Gasteiger charge is 2.43. The van der Waals surface area contributed by atoms with E-state index in [4.69, 9.17) is 11.6 Å². The summed E-state index contributed by atoms with van der Waals surface area (Å²) in [7, 11) is 0.